The molecule has 0 bridgehead atoms. The van der Waals surface area contributed by atoms with Crippen molar-refractivity contribution >= 4 is 23.5 Å². The Labute approximate surface area is 133 Å². The fourth-order valence-corrected chi connectivity index (χ4v) is 2.19. The molecule has 1 aliphatic rings. The molecule has 0 spiro atoms. The molecule has 23 heavy (non-hydrogen) atoms. The van der Waals surface area contributed by atoms with Gasteiger partial charge in [-0.3, -0.25) is 15.0 Å². The summed E-state index contributed by atoms with van der Waals surface area (Å²) in [6.07, 6.45) is 0.416. The third kappa shape index (κ3) is 3.41. The molecular weight excluding hydrogens is 303 g/mol. The standard InChI is InChI=1S/C15H19FN4O3/c1-4-15(2)13(22)20(14(23)17-15)18-12(21)9-19(3)11-7-5-10(16)6-8-11/h5-8H,4,9H2,1-3H3,(H,17,23)(H,18,21)/t15-/m1/s1. The summed E-state index contributed by atoms with van der Waals surface area (Å²) in [5.41, 5.74) is 1.93. The van der Waals surface area contributed by atoms with Crippen LogP contribution in [0.5, 0.6) is 0 Å². The lowest BCUT2D eigenvalue weighted by Gasteiger charge is -2.22. The van der Waals surface area contributed by atoms with Gasteiger partial charge in [0.15, 0.2) is 0 Å². The molecule has 7 nitrogen and oxygen atoms in total. The van der Waals surface area contributed by atoms with Gasteiger partial charge in [0, 0.05) is 12.7 Å². The second kappa shape index (κ2) is 6.23. The van der Waals surface area contributed by atoms with Crippen molar-refractivity contribution < 1.29 is 18.8 Å². The van der Waals surface area contributed by atoms with E-state index >= 15 is 0 Å². The quantitative estimate of drug-likeness (QED) is 0.793. The van der Waals surface area contributed by atoms with Crippen LogP contribution in [0.2, 0.25) is 0 Å². The Morgan fingerprint density at radius 1 is 1.35 bits per heavy atom. The summed E-state index contributed by atoms with van der Waals surface area (Å²) in [5.74, 6) is -1.40. The van der Waals surface area contributed by atoms with Gasteiger partial charge in [0.1, 0.15) is 11.4 Å². The smallest absolute Gasteiger partial charge is 0.344 e. The second-order valence-corrected chi connectivity index (χ2v) is 5.62. The van der Waals surface area contributed by atoms with Crippen LogP contribution < -0.4 is 15.6 Å². The molecule has 2 N–H and O–H groups in total. The summed E-state index contributed by atoms with van der Waals surface area (Å²) in [6, 6.07) is 4.98. The summed E-state index contributed by atoms with van der Waals surface area (Å²) >= 11 is 0. The fourth-order valence-electron chi connectivity index (χ4n) is 2.19. The number of hydrogen-bond donors (Lipinski definition) is 2. The zero-order valence-corrected chi connectivity index (χ0v) is 13.2. The first kappa shape index (κ1) is 16.7. The van der Waals surface area contributed by atoms with Crippen molar-refractivity contribution in [2.24, 2.45) is 0 Å². The normalized spacial score (nSPS) is 20.4. The zero-order valence-electron chi connectivity index (χ0n) is 13.2. The third-order valence-electron chi connectivity index (χ3n) is 3.85. The minimum atomic E-state index is -1.01. The van der Waals surface area contributed by atoms with Crippen molar-refractivity contribution in [1.29, 1.82) is 0 Å². The van der Waals surface area contributed by atoms with E-state index in [0.29, 0.717) is 17.1 Å². The summed E-state index contributed by atoms with van der Waals surface area (Å²) in [6.45, 7) is 3.28. The van der Waals surface area contributed by atoms with Crippen molar-refractivity contribution in [3.63, 3.8) is 0 Å². The Hall–Kier alpha value is -2.64. The van der Waals surface area contributed by atoms with Crippen LogP contribution in [0.3, 0.4) is 0 Å². The van der Waals surface area contributed by atoms with Gasteiger partial charge in [-0.15, -0.1) is 0 Å². The minimum Gasteiger partial charge on any atom is -0.365 e. The highest BCUT2D eigenvalue weighted by atomic mass is 19.1. The van der Waals surface area contributed by atoms with Crippen LogP contribution in [0.15, 0.2) is 24.3 Å². The number of anilines is 1. The Morgan fingerprint density at radius 2 is 1.96 bits per heavy atom. The maximum absolute atomic E-state index is 12.9. The van der Waals surface area contributed by atoms with Gasteiger partial charge in [-0.1, -0.05) is 6.92 Å². The molecule has 1 aromatic rings. The number of halogens is 1. The highest BCUT2D eigenvalue weighted by molar-refractivity contribution is 6.07. The van der Waals surface area contributed by atoms with E-state index in [-0.39, 0.29) is 12.4 Å². The Kier molecular flexibility index (Phi) is 4.53. The molecule has 0 unspecified atom stereocenters. The number of hydrazine groups is 1. The fraction of sp³-hybridized carbons (Fsp3) is 0.400. The lowest BCUT2D eigenvalue weighted by Crippen LogP contribution is -2.50. The van der Waals surface area contributed by atoms with E-state index in [1.165, 1.54) is 24.3 Å². The maximum Gasteiger partial charge on any atom is 0.344 e. The maximum atomic E-state index is 12.9. The lowest BCUT2D eigenvalue weighted by atomic mass is 10.00. The van der Waals surface area contributed by atoms with Gasteiger partial charge in [0.25, 0.3) is 11.8 Å². The number of carbonyl (C=O) groups is 3. The summed E-state index contributed by atoms with van der Waals surface area (Å²) in [5, 5.41) is 3.24. The van der Waals surface area contributed by atoms with Crippen LogP contribution in [0, 0.1) is 5.82 Å². The first-order valence-electron chi connectivity index (χ1n) is 7.19. The van der Waals surface area contributed by atoms with Gasteiger partial charge in [-0.05, 0) is 37.6 Å². The van der Waals surface area contributed by atoms with Gasteiger partial charge in [0.2, 0.25) is 0 Å². The number of likely N-dealkylation sites (N-methyl/N-ethyl adjacent to an activating group) is 1. The van der Waals surface area contributed by atoms with Crippen LogP contribution >= 0.6 is 0 Å². The van der Waals surface area contributed by atoms with E-state index < -0.39 is 23.4 Å². The lowest BCUT2D eigenvalue weighted by molar-refractivity contribution is -0.138. The molecule has 1 aliphatic heterocycles. The largest absolute Gasteiger partial charge is 0.365 e. The number of nitrogens with one attached hydrogen (secondary N) is 2. The average Bonchev–Trinajstić information content (AvgIpc) is 2.72. The third-order valence-corrected chi connectivity index (χ3v) is 3.85. The van der Waals surface area contributed by atoms with Crippen molar-refractivity contribution in [2.45, 2.75) is 25.8 Å². The number of urea groups is 1. The molecule has 0 aliphatic carbocycles. The summed E-state index contributed by atoms with van der Waals surface area (Å²) in [4.78, 5) is 37.6. The number of imide groups is 1. The summed E-state index contributed by atoms with van der Waals surface area (Å²) in [7, 11) is 1.65. The molecule has 1 heterocycles. The van der Waals surface area contributed by atoms with Crippen LogP contribution in [-0.2, 0) is 9.59 Å². The predicted molar refractivity (Wildman–Crippen MR) is 81.9 cm³/mol. The molecule has 0 aromatic heterocycles. The van der Waals surface area contributed by atoms with Crippen LogP contribution in [0.1, 0.15) is 20.3 Å². The van der Waals surface area contributed by atoms with Gasteiger partial charge >= 0.3 is 6.03 Å². The van der Waals surface area contributed by atoms with Gasteiger partial charge in [-0.25, -0.2) is 9.18 Å². The molecule has 4 amide bonds. The van der Waals surface area contributed by atoms with E-state index in [1.807, 2.05) is 0 Å². The van der Waals surface area contributed by atoms with Crippen molar-refractivity contribution in [3.05, 3.63) is 30.1 Å². The average molecular weight is 322 g/mol. The minimum absolute atomic E-state index is 0.0917. The monoisotopic (exact) mass is 322 g/mol. The molecule has 8 heteroatoms. The van der Waals surface area contributed by atoms with Crippen LogP contribution in [0.25, 0.3) is 0 Å². The molecule has 0 saturated carbocycles. The van der Waals surface area contributed by atoms with E-state index in [0.717, 1.165) is 0 Å². The van der Waals surface area contributed by atoms with Crippen LogP contribution in [0.4, 0.5) is 14.9 Å². The van der Waals surface area contributed by atoms with Crippen LogP contribution in [-0.4, -0.2) is 42.0 Å². The molecule has 1 saturated heterocycles. The topological polar surface area (TPSA) is 81.8 Å². The zero-order chi connectivity index (χ0) is 17.2. The highest BCUT2D eigenvalue weighted by Crippen LogP contribution is 2.19. The van der Waals surface area contributed by atoms with E-state index in [1.54, 1.807) is 25.8 Å². The van der Waals surface area contributed by atoms with E-state index in [4.69, 9.17) is 0 Å². The van der Waals surface area contributed by atoms with Gasteiger partial charge in [-0.2, -0.15) is 5.01 Å². The first-order valence-corrected chi connectivity index (χ1v) is 7.19. The molecule has 2 rings (SSSR count). The van der Waals surface area contributed by atoms with Crippen molar-refractivity contribution in [3.8, 4) is 0 Å². The van der Waals surface area contributed by atoms with E-state index in [9.17, 15) is 18.8 Å². The Morgan fingerprint density at radius 3 is 2.48 bits per heavy atom. The Balaban J connectivity index is 1.98. The van der Waals surface area contributed by atoms with Crippen molar-refractivity contribution in [1.82, 2.24) is 15.8 Å². The number of carbonyl (C=O) groups excluding carboxylic acids is 3. The summed E-state index contributed by atoms with van der Waals surface area (Å²) < 4.78 is 12.9. The first-order chi connectivity index (χ1) is 10.8. The Bertz CT molecular complexity index is 634. The molecular formula is C15H19FN4O3. The molecule has 1 aromatic carbocycles. The molecule has 0 radical (unpaired) electrons. The number of rotatable bonds is 5. The highest BCUT2D eigenvalue weighted by Gasteiger charge is 2.47. The van der Waals surface area contributed by atoms with E-state index in [2.05, 4.69) is 10.7 Å². The predicted octanol–water partition coefficient (Wildman–Crippen LogP) is 1.01. The second-order valence-electron chi connectivity index (χ2n) is 5.62. The number of benzene rings is 1. The molecule has 1 atom stereocenters. The number of hydrogen-bond acceptors (Lipinski definition) is 4. The molecule has 1 fully saturated rings. The van der Waals surface area contributed by atoms with Crippen molar-refractivity contribution in [2.75, 3.05) is 18.5 Å². The number of nitrogens with zero attached hydrogens (tertiary/aromatic N) is 2. The number of amides is 4. The SMILES string of the molecule is CC[C@@]1(C)NC(=O)N(NC(=O)CN(C)c2ccc(F)cc2)C1=O. The van der Waals surface area contributed by atoms with Gasteiger partial charge < -0.3 is 10.2 Å². The van der Waals surface area contributed by atoms with Gasteiger partial charge in [0.05, 0.1) is 6.54 Å². The molecule has 124 valence electrons.